The molecule has 1 amide bonds. The molecule has 0 unspecified atom stereocenters. The van der Waals surface area contributed by atoms with Crippen LogP contribution in [0.3, 0.4) is 0 Å². The van der Waals surface area contributed by atoms with Crippen LogP contribution in [0.5, 0.6) is 0 Å². The Morgan fingerprint density at radius 1 is 1.14 bits per heavy atom. The second-order valence-corrected chi connectivity index (χ2v) is 7.43. The van der Waals surface area contributed by atoms with Crippen LogP contribution in [0.25, 0.3) is 11.4 Å². The summed E-state index contributed by atoms with van der Waals surface area (Å²) in [7, 11) is 0. The van der Waals surface area contributed by atoms with Crippen molar-refractivity contribution >= 4 is 29.1 Å². The summed E-state index contributed by atoms with van der Waals surface area (Å²) in [6.45, 7) is 7.90. The molecular formula is C22H22N4O2S. The Labute approximate surface area is 174 Å². The number of aryl methyl sites for hydroxylation is 1. The smallest absolute Gasteiger partial charge is 0.234 e. The van der Waals surface area contributed by atoms with E-state index in [1.54, 1.807) is 30.3 Å². The quantitative estimate of drug-likeness (QED) is 0.341. The fourth-order valence-electron chi connectivity index (χ4n) is 2.83. The Morgan fingerprint density at radius 3 is 2.52 bits per heavy atom. The van der Waals surface area contributed by atoms with E-state index in [0.29, 0.717) is 23.0 Å². The number of Topliss-reactive ketones (excluding diaryl/α,β-unsaturated/α-hetero) is 1. The number of benzene rings is 2. The van der Waals surface area contributed by atoms with E-state index in [1.165, 1.54) is 18.7 Å². The number of carbonyl (C=O) groups excluding carboxylic acids is 2. The number of hydrogen-bond donors (Lipinski definition) is 1. The number of thioether (sulfide) groups is 1. The van der Waals surface area contributed by atoms with E-state index >= 15 is 0 Å². The maximum Gasteiger partial charge on any atom is 0.234 e. The van der Waals surface area contributed by atoms with Crippen molar-refractivity contribution in [1.29, 1.82) is 0 Å². The van der Waals surface area contributed by atoms with Crippen LogP contribution in [0.4, 0.5) is 5.69 Å². The van der Waals surface area contributed by atoms with Crippen LogP contribution in [0, 0.1) is 6.92 Å². The van der Waals surface area contributed by atoms with E-state index in [4.69, 9.17) is 0 Å². The number of aromatic nitrogens is 3. The molecule has 2 aromatic carbocycles. The molecule has 0 fully saturated rings. The van der Waals surface area contributed by atoms with E-state index < -0.39 is 0 Å². The third-order valence-corrected chi connectivity index (χ3v) is 5.29. The maximum absolute atomic E-state index is 12.3. The monoisotopic (exact) mass is 406 g/mol. The second-order valence-electron chi connectivity index (χ2n) is 6.49. The van der Waals surface area contributed by atoms with Gasteiger partial charge in [-0.3, -0.25) is 14.2 Å². The molecule has 1 aromatic heterocycles. The summed E-state index contributed by atoms with van der Waals surface area (Å²) >= 11 is 1.32. The number of allylic oxidation sites excluding steroid dienone is 1. The highest BCUT2D eigenvalue weighted by atomic mass is 32.2. The molecule has 0 radical (unpaired) electrons. The molecule has 0 atom stereocenters. The van der Waals surface area contributed by atoms with Gasteiger partial charge in [-0.15, -0.1) is 16.8 Å². The van der Waals surface area contributed by atoms with Crippen molar-refractivity contribution in [3.05, 3.63) is 72.3 Å². The zero-order chi connectivity index (χ0) is 20.8. The third-order valence-electron chi connectivity index (χ3n) is 4.32. The minimum atomic E-state index is -0.156. The van der Waals surface area contributed by atoms with Crippen LogP contribution in [0.1, 0.15) is 22.8 Å². The van der Waals surface area contributed by atoms with E-state index in [-0.39, 0.29) is 17.4 Å². The molecule has 1 heterocycles. The predicted molar refractivity (Wildman–Crippen MR) is 116 cm³/mol. The molecule has 0 saturated carbocycles. The topological polar surface area (TPSA) is 76.9 Å². The first-order chi connectivity index (χ1) is 14.0. The van der Waals surface area contributed by atoms with E-state index in [9.17, 15) is 9.59 Å². The van der Waals surface area contributed by atoms with Gasteiger partial charge in [0.15, 0.2) is 16.8 Å². The van der Waals surface area contributed by atoms with E-state index in [0.717, 1.165) is 17.0 Å². The minimum Gasteiger partial charge on any atom is -0.325 e. The largest absolute Gasteiger partial charge is 0.325 e. The Balaban J connectivity index is 1.70. The van der Waals surface area contributed by atoms with Crippen molar-refractivity contribution in [2.45, 2.75) is 25.5 Å². The molecule has 0 aliphatic rings. The average molecular weight is 407 g/mol. The molecule has 7 heteroatoms. The molecule has 29 heavy (non-hydrogen) atoms. The summed E-state index contributed by atoms with van der Waals surface area (Å²) in [6.07, 6.45) is 1.78. The fraction of sp³-hybridized carbons (Fsp3) is 0.182. The van der Waals surface area contributed by atoms with Crippen molar-refractivity contribution in [3.63, 3.8) is 0 Å². The van der Waals surface area contributed by atoms with Crippen molar-refractivity contribution in [3.8, 4) is 11.4 Å². The van der Waals surface area contributed by atoms with Gasteiger partial charge in [0.1, 0.15) is 0 Å². The summed E-state index contributed by atoms with van der Waals surface area (Å²) in [4.78, 5) is 23.7. The highest BCUT2D eigenvalue weighted by Gasteiger charge is 2.16. The van der Waals surface area contributed by atoms with E-state index in [2.05, 4.69) is 22.1 Å². The standard InChI is InChI=1S/C22H22N4O2S/c1-4-13-26-21(19-8-6-5-7-15(19)2)24-25-22(26)29-14-20(28)23-18-11-9-17(10-12-18)16(3)27/h4-12H,1,13-14H2,2-3H3,(H,23,28). The number of carbonyl (C=O) groups is 2. The predicted octanol–water partition coefficient (Wildman–Crippen LogP) is 4.37. The molecule has 0 bridgehead atoms. The molecule has 0 saturated heterocycles. The van der Waals surface area contributed by atoms with Gasteiger partial charge >= 0.3 is 0 Å². The number of nitrogens with one attached hydrogen (secondary N) is 1. The van der Waals surface area contributed by atoms with Gasteiger partial charge in [0, 0.05) is 23.4 Å². The van der Waals surface area contributed by atoms with Crippen LogP contribution in [0.2, 0.25) is 0 Å². The molecule has 1 N–H and O–H groups in total. The molecular weight excluding hydrogens is 384 g/mol. The summed E-state index contributed by atoms with van der Waals surface area (Å²) in [5, 5.41) is 12.1. The lowest BCUT2D eigenvalue weighted by Gasteiger charge is -2.09. The zero-order valence-corrected chi connectivity index (χ0v) is 17.2. The SMILES string of the molecule is C=CCn1c(SCC(=O)Nc2ccc(C(C)=O)cc2)nnc1-c1ccccc1C. The molecule has 0 spiro atoms. The van der Waals surface area contributed by atoms with Crippen LogP contribution in [0.15, 0.2) is 66.3 Å². The number of anilines is 1. The first kappa shape index (κ1) is 20.5. The van der Waals surface area contributed by atoms with Crippen LogP contribution in [-0.4, -0.2) is 32.2 Å². The lowest BCUT2D eigenvalue weighted by molar-refractivity contribution is -0.113. The van der Waals surface area contributed by atoms with Crippen LogP contribution < -0.4 is 5.32 Å². The normalized spacial score (nSPS) is 10.6. The number of amides is 1. The van der Waals surface area contributed by atoms with Crippen LogP contribution >= 0.6 is 11.8 Å². The highest BCUT2D eigenvalue weighted by molar-refractivity contribution is 7.99. The number of nitrogens with zero attached hydrogens (tertiary/aromatic N) is 3. The van der Waals surface area contributed by atoms with Crippen molar-refractivity contribution in [2.75, 3.05) is 11.1 Å². The molecule has 3 rings (SSSR count). The van der Waals surface area contributed by atoms with Gasteiger partial charge in [0.25, 0.3) is 0 Å². The zero-order valence-electron chi connectivity index (χ0n) is 16.4. The van der Waals surface area contributed by atoms with Crippen LogP contribution in [-0.2, 0) is 11.3 Å². The molecule has 3 aromatic rings. The fourth-order valence-corrected chi connectivity index (χ4v) is 3.58. The van der Waals surface area contributed by atoms with Gasteiger partial charge in [0.05, 0.1) is 5.75 Å². The summed E-state index contributed by atoms with van der Waals surface area (Å²) in [5.74, 6) is 0.781. The minimum absolute atomic E-state index is 0.00977. The Bertz CT molecular complexity index is 1040. The molecule has 0 aliphatic carbocycles. The maximum atomic E-state index is 12.3. The average Bonchev–Trinajstić information content (AvgIpc) is 3.10. The summed E-state index contributed by atoms with van der Waals surface area (Å²) < 4.78 is 1.95. The van der Waals surface area contributed by atoms with Crippen molar-refractivity contribution in [1.82, 2.24) is 14.8 Å². The molecule has 0 aliphatic heterocycles. The first-order valence-electron chi connectivity index (χ1n) is 9.13. The molecule has 6 nitrogen and oxygen atoms in total. The summed E-state index contributed by atoms with van der Waals surface area (Å²) in [6, 6.07) is 14.8. The van der Waals surface area contributed by atoms with Gasteiger partial charge in [-0.25, -0.2) is 0 Å². The van der Waals surface area contributed by atoms with Gasteiger partial charge in [-0.1, -0.05) is 42.1 Å². The molecule has 148 valence electrons. The highest BCUT2D eigenvalue weighted by Crippen LogP contribution is 2.26. The lowest BCUT2D eigenvalue weighted by Crippen LogP contribution is -2.14. The Morgan fingerprint density at radius 2 is 1.86 bits per heavy atom. The number of hydrogen-bond acceptors (Lipinski definition) is 5. The van der Waals surface area contributed by atoms with Gasteiger partial charge in [-0.2, -0.15) is 0 Å². The van der Waals surface area contributed by atoms with Gasteiger partial charge < -0.3 is 5.32 Å². The Kier molecular flexibility index (Phi) is 6.61. The van der Waals surface area contributed by atoms with Crippen molar-refractivity contribution < 1.29 is 9.59 Å². The first-order valence-corrected chi connectivity index (χ1v) is 10.1. The summed E-state index contributed by atoms with van der Waals surface area (Å²) in [5.41, 5.74) is 3.37. The van der Waals surface area contributed by atoms with Gasteiger partial charge in [0.2, 0.25) is 5.91 Å². The van der Waals surface area contributed by atoms with Gasteiger partial charge in [-0.05, 0) is 43.7 Å². The third kappa shape index (κ3) is 5.00. The second kappa shape index (κ2) is 9.34. The van der Waals surface area contributed by atoms with E-state index in [1.807, 2.05) is 35.8 Å². The van der Waals surface area contributed by atoms with Crippen molar-refractivity contribution in [2.24, 2.45) is 0 Å². The Hall–Kier alpha value is -3.19. The lowest BCUT2D eigenvalue weighted by atomic mass is 10.1. The number of ketones is 1. The number of rotatable bonds is 8.